The number of hydrogen-bond donors (Lipinski definition) is 2. The highest BCUT2D eigenvalue weighted by molar-refractivity contribution is 5.65. The minimum Gasteiger partial charge on any atom is -0.465 e. The Morgan fingerprint density at radius 1 is 1.42 bits per heavy atom. The fourth-order valence-electron chi connectivity index (χ4n) is 2.29. The highest BCUT2D eigenvalue weighted by Gasteiger charge is 2.34. The highest BCUT2D eigenvalue weighted by Crippen LogP contribution is 2.27. The van der Waals surface area contributed by atoms with Crippen molar-refractivity contribution in [3.63, 3.8) is 0 Å². The molecule has 4 heteroatoms. The van der Waals surface area contributed by atoms with E-state index in [-0.39, 0.29) is 6.04 Å². The summed E-state index contributed by atoms with van der Waals surface area (Å²) >= 11 is 0. The molecule has 3 heterocycles. The standard InChI is InChI=1S/C8H14N2O2/c11-8(12)9-7-5-10-3-1-6(7)2-4-10/h6-7,9H,1-5H2,(H,11,12)/t7-/m1/s1. The first-order chi connectivity index (χ1) is 5.75. The molecule has 0 aliphatic carbocycles. The Labute approximate surface area is 71.5 Å². The van der Waals surface area contributed by atoms with E-state index in [4.69, 9.17) is 5.11 Å². The summed E-state index contributed by atoms with van der Waals surface area (Å²) in [5.74, 6) is 0.589. The molecule has 0 saturated carbocycles. The normalized spacial score (nSPS) is 39.5. The maximum Gasteiger partial charge on any atom is 0.404 e. The lowest BCUT2D eigenvalue weighted by Crippen LogP contribution is -2.57. The van der Waals surface area contributed by atoms with Crippen LogP contribution in [0.1, 0.15) is 12.8 Å². The van der Waals surface area contributed by atoms with Crippen LogP contribution in [0.3, 0.4) is 0 Å². The summed E-state index contributed by atoms with van der Waals surface area (Å²) in [5, 5.41) is 11.2. The Balaban J connectivity index is 1.95. The van der Waals surface area contributed by atoms with Crippen LogP contribution in [0.25, 0.3) is 0 Å². The molecule has 3 rings (SSSR count). The van der Waals surface area contributed by atoms with Crippen molar-refractivity contribution in [1.29, 1.82) is 0 Å². The first-order valence-corrected chi connectivity index (χ1v) is 4.47. The molecule has 0 aromatic rings. The molecule has 12 heavy (non-hydrogen) atoms. The molecule has 0 unspecified atom stereocenters. The van der Waals surface area contributed by atoms with Gasteiger partial charge in [0, 0.05) is 12.6 Å². The van der Waals surface area contributed by atoms with Crippen LogP contribution in [0, 0.1) is 5.92 Å². The molecule has 0 radical (unpaired) electrons. The fourth-order valence-corrected chi connectivity index (χ4v) is 2.29. The van der Waals surface area contributed by atoms with Gasteiger partial charge in [0.25, 0.3) is 0 Å². The number of nitrogens with one attached hydrogen (secondary N) is 1. The number of nitrogens with zero attached hydrogens (tertiary/aromatic N) is 1. The summed E-state index contributed by atoms with van der Waals surface area (Å²) in [6.45, 7) is 3.22. The smallest absolute Gasteiger partial charge is 0.404 e. The molecule has 2 N–H and O–H groups in total. The Kier molecular flexibility index (Phi) is 1.92. The SMILES string of the molecule is O=C(O)N[C@@H]1CN2CCC1CC2. The Bertz CT molecular complexity index is 187. The lowest BCUT2D eigenvalue weighted by atomic mass is 9.84. The van der Waals surface area contributed by atoms with Crippen LogP contribution in [0.15, 0.2) is 0 Å². The average molecular weight is 170 g/mol. The third-order valence-electron chi connectivity index (χ3n) is 2.97. The van der Waals surface area contributed by atoms with E-state index >= 15 is 0 Å². The van der Waals surface area contributed by atoms with Crippen molar-refractivity contribution < 1.29 is 9.90 Å². The van der Waals surface area contributed by atoms with Gasteiger partial charge in [0.1, 0.15) is 0 Å². The summed E-state index contributed by atoms with van der Waals surface area (Å²) in [6.07, 6.45) is 1.43. The zero-order chi connectivity index (χ0) is 8.55. The third-order valence-corrected chi connectivity index (χ3v) is 2.97. The van der Waals surface area contributed by atoms with Gasteiger partial charge < -0.3 is 15.3 Å². The van der Waals surface area contributed by atoms with Gasteiger partial charge >= 0.3 is 6.09 Å². The number of piperidine rings is 3. The van der Waals surface area contributed by atoms with Gasteiger partial charge in [-0.15, -0.1) is 0 Å². The number of carbonyl (C=O) groups is 1. The zero-order valence-corrected chi connectivity index (χ0v) is 6.99. The Morgan fingerprint density at radius 2 is 2.08 bits per heavy atom. The van der Waals surface area contributed by atoms with Gasteiger partial charge in [0.05, 0.1) is 0 Å². The molecule has 3 saturated heterocycles. The second-order valence-corrected chi connectivity index (χ2v) is 3.69. The van der Waals surface area contributed by atoms with Gasteiger partial charge in [-0.05, 0) is 31.8 Å². The average Bonchev–Trinajstić information content (AvgIpc) is 2.05. The van der Waals surface area contributed by atoms with Gasteiger partial charge in [-0.2, -0.15) is 0 Å². The quantitative estimate of drug-likeness (QED) is 0.597. The van der Waals surface area contributed by atoms with Gasteiger partial charge in [0.15, 0.2) is 0 Å². The van der Waals surface area contributed by atoms with Crippen LogP contribution < -0.4 is 5.32 Å². The van der Waals surface area contributed by atoms with E-state index < -0.39 is 6.09 Å². The largest absolute Gasteiger partial charge is 0.465 e. The summed E-state index contributed by atoms with van der Waals surface area (Å²) in [4.78, 5) is 12.7. The lowest BCUT2D eigenvalue weighted by Gasteiger charge is -2.44. The van der Waals surface area contributed by atoms with Gasteiger partial charge in [-0.25, -0.2) is 4.79 Å². The molecular formula is C8H14N2O2. The van der Waals surface area contributed by atoms with Crippen molar-refractivity contribution in [2.24, 2.45) is 5.92 Å². The predicted octanol–water partition coefficient (Wildman–Crippen LogP) is 0.348. The molecule has 3 aliphatic rings. The van der Waals surface area contributed by atoms with E-state index in [2.05, 4.69) is 10.2 Å². The molecule has 0 aromatic carbocycles. The molecule has 1 atom stereocenters. The second kappa shape index (κ2) is 2.94. The molecule has 0 aromatic heterocycles. The Morgan fingerprint density at radius 3 is 2.50 bits per heavy atom. The van der Waals surface area contributed by atoms with Crippen LogP contribution in [0.4, 0.5) is 4.79 Å². The van der Waals surface area contributed by atoms with Crippen molar-refractivity contribution in [2.45, 2.75) is 18.9 Å². The Hall–Kier alpha value is -0.770. The topological polar surface area (TPSA) is 52.6 Å². The second-order valence-electron chi connectivity index (χ2n) is 3.69. The lowest BCUT2D eigenvalue weighted by molar-refractivity contribution is 0.0716. The van der Waals surface area contributed by atoms with E-state index in [1.165, 1.54) is 0 Å². The third kappa shape index (κ3) is 1.39. The highest BCUT2D eigenvalue weighted by atomic mass is 16.4. The molecule has 68 valence electrons. The maximum atomic E-state index is 10.4. The van der Waals surface area contributed by atoms with Gasteiger partial charge in [0.2, 0.25) is 0 Å². The fraction of sp³-hybridized carbons (Fsp3) is 0.875. The number of amides is 1. The summed E-state index contributed by atoms with van der Waals surface area (Å²) in [7, 11) is 0. The predicted molar refractivity (Wildman–Crippen MR) is 44.1 cm³/mol. The van der Waals surface area contributed by atoms with Crippen LogP contribution in [-0.2, 0) is 0 Å². The van der Waals surface area contributed by atoms with Crippen molar-refractivity contribution >= 4 is 6.09 Å². The molecule has 1 amide bonds. The van der Waals surface area contributed by atoms with Gasteiger partial charge in [-0.3, -0.25) is 0 Å². The molecule has 4 nitrogen and oxygen atoms in total. The van der Waals surface area contributed by atoms with Crippen molar-refractivity contribution in [3.05, 3.63) is 0 Å². The molecule has 0 spiro atoms. The maximum absolute atomic E-state index is 10.4. The molecule has 2 bridgehead atoms. The molecule has 3 fully saturated rings. The van der Waals surface area contributed by atoms with Crippen LogP contribution in [0.5, 0.6) is 0 Å². The zero-order valence-electron chi connectivity index (χ0n) is 6.99. The van der Waals surface area contributed by atoms with E-state index in [1.807, 2.05) is 0 Å². The van der Waals surface area contributed by atoms with E-state index in [1.54, 1.807) is 0 Å². The summed E-state index contributed by atoms with van der Waals surface area (Å²) in [5.41, 5.74) is 0. The monoisotopic (exact) mass is 170 g/mol. The molecule has 3 aliphatic heterocycles. The van der Waals surface area contributed by atoms with Crippen LogP contribution in [-0.4, -0.2) is 41.8 Å². The summed E-state index contributed by atoms with van der Waals surface area (Å²) < 4.78 is 0. The van der Waals surface area contributed by atoms with Gasteiger partial charge in [-0.1, -0.05) is 0 Å². The van der Waals surface area contributed by atoms with E-state index in [0.717, 1.165) is 32.5 Å². The van der Waals surface area contributed by atoms with Crippen molar-refractivity contribution in [2.75, 3.05) is 19.6 Å². The van der Waals surface area contributed by atoms with Crippen molar-refractivity contribution in [3.8, 4) is 0 Å². The van der Waals surface area contributed by atoms with E-state index in [0.29, 0.717) is 5.92 Å². The van der Waals surface area contributed by atoms with Crippen molar-refractivity contribution in [1.82, 2.24) is 10.2 Å². The first kappa shape index (κ1) is 7.86. The number of fused-ring (bicyclic) bond motifs is 3. The number of rotatable bonds is 1. The van der Waals surface area contributed by atoms with Crippen LogP contribution >= 0.6 is 0 Å². The number of carboxylic acid groups (broad SMARTS) is 1. The minimum absolute atomic E-state index is 0.185. The van der Waals surface area contributed by atoms with E-state index in [9.17, 15) is 4.79 Å². The minimum atomic E-state index is -0.881. The summed E-state index contributed by atoms with van der Waals surface area (Å²) in [6, 6.07) is 0.185. The number of hydrogen-bond acceptors (Lipinski definition) is 2. The first-order valence-electron chi connectivity index (χ1n) is 4.47. The molecular weight excluding hydrogens is 156 g/mol. The van der Waals surface area contributed by atoms with Crippen LogP contribution in [0.2, 0.25) is 0 Å².